The lowest BCUT2D eigenvalue weighted by Gasteiger charge is -2.43. The van der Waals surface area contributed by atoms with E-state index in [0.29, 0.717) is 60.6 Å². The van der Waals surface area contributed by atoms with Gasteiger partial charge in [0.2, 0.25) is 5.95 Å². The number of nitrogens with zero attached hydrogens (tertiary/aromatic N) is 7. The molecule has 2 aromatic carbocycles. The molecule has 0 spiro atoms. The maximum Gasteiger partial charge on any atom is 0.254 e. The van der Waals surface area contributed by atoms with Gasteiger partial charge in [0.1, 0.15) is 24.3 Å². The number of anilines is 3. The minimum atomic E-state index is -0.742. The lowest BCUT2D eigenvalue weighted by molar-refractivity contribution is -0.161. The van der Waals surface area contributed by atoms with Crippen molar-refractivity contribution in [2.24, 2.45) is 0 Å². The van der Waals surface area contributed by atoms with Gasteiger partial charge in [-0.15, -0.1) is 0 Å². The lowest BCUT2D eigenvalue weighted by Crippen LogP contribution is -2.56. The molecule has 0 aliphatic carbocycles. The van der Waals surface area contributed by atoms with Crippen LogP contribution in [0.4, 0.5) is 17.3 Å². The molecule has 13 nitrogen and oxygen atoms in total. The van der Waals surface area contributed by atoms with Crippen molar-refractivity contribution in [2.45, 2.75) is 57.6 Å². The van der Waals surface area contributed by atoms with Gasteiger partial charge in [-0.25, -0.2) is 9.97 Å². The monoisotopic (exact) mass is 654 g/mol. The minimum absolute atomic E-state index is 0.0519. The van der Waals surface area contributed by atoms with Gasteiger partial charge in [-0.1, -0.05) is 0 Å². The zero-order valence-corrected chi connectivity index (χ0v) is 27.7. The van der Waals surface area contributed by atoms with Crippen molar-refractivity contribution >= 4 is 23.2 Å². The van der Waals surface area contributed by atoms with Crippen molar-refractivity contribution in [3.63, 3.8) is 0 Å². The normalized spacial score (nSPS) is 21.8. The third kappa shape index (κ3) is 7.07. The third-order valence-corrected chi connectivity index (χ3v) is 9.51. The van der Waals surface area contributed by atoms with Gasteiger partial charge in [0.25, 0.3) is 5.91 Å². The number of amides is 1. The number of carbonyl (C=O) groups is 1. The van der Waals surface area contributed by atoms with Gasteiger partial charge in [-0.05, 0) is 62.7 Å². The molecule has 3 aromatic rings. The highest BCUT2D eigenvalue weighted by Crippen LogP contribution is 2.30. The summed E-state index contributed by atoms with van der Waals surface area (Å²) < 4.78 is 22.9. The highest BCUT2D eigenvalue weighted by Gasteiger charge is 2.40. The number of hydrogen-bond donors (Lipinski definition) is 1. The summed E-state index contributed by atoms with van der Waals surface area (Å²) in [6.07, 6.45) is 2.10. The second-order valence-electron chi connectivity index (χ2n) is 13.3. The minimum Gasteiger partial charge on any atom is -0.489 e. The predicted octanol–water partition coefficient (Wildman–Crippen LogP) is 3.50. The molecule has 5 heterocycles. The van der Waals surface area contributed by atoms with Crippen molar-refractivity contribution in [1.82, 2.24) is 24.8 Å². The Hall–Kier alpha value is -4.35. The van der Waals surface area contributed by atoms with Crippen LogP contribution in [0.15, 0.2) is 42.7 Å². The van der Waals surface area contributed by atoms with Crippen LogP contribution in [0.3, 0.4) is 0 Å². The molecular formula is C35H42N8O5. The zero-order valence-electron chi connectivity index (χ0n) is 27.7. The fourth-order valence-electron chi connectivity index (χ4n) is 6.72. The summed E-state index contributed by atoms with van der Waals surface area (Å²) in [6.45, 7) is 12.9. The van der Waals surface area contributed by atoms with E-state index >= 15 is 0 Å². The van der Waals surface area contributed by atoms with Crippen LogP contribution in [0.1, 0.15) is 37.8 Å². The number of rotatable bonds is 8. The summed E-state index contributed by atoms with van der Waals surface area (Å²) in [7, 11) is 0. The summed E-state index contributed by atoms with van der Waals surface area (Å²) in [6, 6.07) is 14.5. The van der Waals surface area contributed by atoms with Crippen LogP contribution < -0.4 is 15.0 Å². The first-order valence-electron chi connectivity index (χ1n) is 16.7. The fraction of sp³-hybridized carbons (Fsp3) is 0.514. The van der Waals surface area contributed by atoms with E-state index in [1.54, 1.807) is 17.0 Å². The lowest BCUT2D eigenvalue weighted by atomic mass is 10.1. The smallest absolute Gasteiger partial charge is 0.254 e. The van der Waals surface area contributed by atoms with Crippen molar-refractivity contribution in [3.8, 4) is 23.2 Å². The number of nitriles is 1. The zero-order chi connectivity index (χ0) is 33.3. The van der Waals surface area contributed by atoms with E-state index < -0.39 is 11.9 Å². The summed E-state index contributed by atoms with van der Waals surface area (Å²) in [5, 5.41) is 13.3. The summed E-state index contributed by atoms with van der Waals surface area (Å²) in [4.78, 5) is 33.0. The molecule has 1 unspecified atom stereocenters. The van der Waals surface area contributed by atoms with Gasteiger partial charge < -0.3 is 34.1 Å². The summed E-state index contributed by atoms with van der Waals surface area (Å²) in [5.74, 6) is 0.577. The number of likely N-dealkylation sites (tertiary alicyclic amines) is 1. The molecule has 1 N–H and O–H groups in total. The van der Waals surface area contributed by atoms with Crippen LogP contribution in [0.5, 0.6) is 5.75 Å². The summed E-state index contributed by atoms with van der Waals surface area (Å²) >= 11 is 0. The van der Waals surface area contributed by atoms with Crippen LogP contribution in [0, 0.1) is 18.3 Å². The number of ether oxygens (including phenoxy) is 4. The number of carbonyl (C=O) groups excluding carboxylic acids is 1. The van der Waals surface area contributed by atoms with E-state index in [1.165, 1.54) is 17.6 Å². The third-order valence-electron chi connectivity index (χ3n) is 9.51. The van der Waals surface area contributed by atoms with Crippen LogP contribution in [-0.4, -0.2) is 114 Å². The topological polar surface area (TPSA) is 138 Å². The Kier molecular flexibility index (Phi) is 9.15. The Morgan fingerprint density at radius 2 is 1.81 bits per heavy atom. The molecule has 0 bridgehead atoms. The van der Waals surface area contributed by atoms with Crippen LogP contribution in [0.25, 0.3) is 11.4 Å². The predicted molar refractivity (Wildman–Crippen MR) is 178 cm³/mol. The van der Waals surface area contributed by atoms with Gasteiger partial charge >= 0.3 is 0 Å². The molecule has 252 valence electrons. The fourth-order valence-corrected chi connectivity index (χ4v) is 6.72. The van der Waals surface area contributed by atoms with E-state index in [0.717, 1.165) is 45.1 Å². The van der Waals surface area contributed by atoms with Crippen LogP contribution >= 0.6 is 0 Å². The van der Waals surface area contributed by atoms with Gasteiger partial charge in [0, 0.05) is 69.0 Å². The van der Waals surface area contributed by atoms with Gasteiger partial charge in [-0.2, -0.15) is 10.2 Å². The first kappa shape index (κ1) is 32.2. The molecule has 4 fully saturated rings. The standard InChI is InChI=1S/C35H42N8O5/c1-23-16-26(5-6-29(23)42-14-12-41(13-15-42)27-19-45-20-27)39-34-38-22-37-32(40-34)24-4-7-30(25(17-24)18-36)47-28-8-10-43(11-9-28)33(44)31-21-46-35(2,3)48-31/h4-7,16-17,22,27-28,31H,8-15,19-21H2,1-3H3,(H,37,38,39,40). The number of aromatic nitrogens is 3. The van der Waals surface area contributed by atoms with Crippen molar-refractivity contribution in [2.75, 3.05) is 69.3 Å². The maximum atomic E-state index is 12.9. The molecule has 4 aliphatic rings. The van der Waals surface area contributed by atoms with Gasteiger partial charge in [0.05, 0.1) is 31.4 Å². The Labute approximate surface area is 280 Å². The van der Waals surface area contributed by atoms with E-state index in [1.807, 2.05) is 19.9 Å². The average Bonchev–Trinajstić information content (AvgIpc) is 3.44. The van der Waals surface area contributed by atoms with Crippen LogP contribution in [-0.2, 0) is 19.0 Å². The molecule has 7 rings (SSSR count). The van der Waals surface area contributed by atoms with E-state index in [9.17, 15) is 10.1 Å². The molecule has 4 aliphatic heterocycles. The van der Waals surface area contributed by atoms with Crippen molar-refractivity contribution in [3.05, 3.63) is 53.9 Å². The highest BCUT2D eigenvalue weighted by atomic mass is 16.7. The number of hydrogen-bond acceptors (Lipinski definition) is 12. The van der Waals surface area contributed by atoms with Gasteiger partial charge in [0.15, 0.2) is 17.7 Å². The molecule has 0 saturated carbocycles. The Balaban J connectivity index is 0.952. The maximum absolute atomic E-state index is 12.9. The Morgan fingerprint density at radius 1 is 1.02 bits per heavy atom. The Morgan fingerprint density at radius 3 is 2.48 bits per heavy atom. The number of aryl methyl sites for hydroxylation is 1. The van der Waals surface area contributed by atoms with E-state index in [4.69, 9.17) is 18.9 Å². The Bertz CT molecular complexity index is 1680. The number of nitrogens with one attached hydrogen (secondary N) is 1. The molecule has 4 saturated heterocycles. The second kappa shape index (κ2) is 13.6. The van der Waals surface area contributed by atoms with Crippen molar-refractivity contribution < 1.29 is 23.7 Å². The van der Waals surface area contributed by atoms with E-state index in [2.05, 4.69) is 61.3 Å². The largest absolute Gasteiger partial charge is 0.489 e. The highest BCUT2D eigenvalue weighted by molar-refractivity contribution is 5.81. The number of piperazine rings is 1. The SMILES string of the molecule is Cc1cc(Nc2ncnc(-c3ccc(OC4CCN(C(=O)C5COC(C)(C)O5)CC4)c(C#N)c3)n2)ccc1N1CCN(C2COC2)CC1. The van der Waals surface area contributed by atoms with E-state index in [-0.39, 0.29) is 18.6 Å². The molecule has 48 heavy (non-hydrogen) atoms. The number of benzene rings is 2. The molecule has 13 heteroatoms. The second-order valence-corrected chi connectivity index (χ2v) is 13.3. The van der Waals surface area contributed by atoms with Crippen LogP contribution in [0.2, 0.25) is 0 Å². The number of piperidine rings is 1. The quantitative estimate of drug-likeness (QED) is 0.381. The van der Waals surface area contributed by atoms with Crippen molar-refractivity contribution in [1.29, 1.82) is 5.26 Å². The molecule has 0 radical (unpaired) electrons. The van der Waals surface area contributed by atoms with Gasteiger partial charge in [-0.3, -0.25) is 9.69 Å². The summed E-state index contributed by atoms with van der Waals surface area (Å²) in [5.41, 5.74) is 4.39. The molecule has 1 atom stereocenters. The molecule has 1 amide bonds. The molecule has 1 aromatic heterocycles. The average molecular weight is 655 g/mol. The first-order chi connectivity index (χ1) is 23.2. The first-order valence-corrected chi connectivity index (χ1v) is 16.7. The molecular weight excluding hydrogens is 612 g/mol.